The molecule has 0 saturated carbocycles. The number of hydrogen-bond acceptors (Lipinski definition) is 1. The van der Waals surface area contributed by atoms with Crippen molar-refractivity contribution in [2.45, 2.75) is 56.4 Å². The first-order chi connectivity index (χ1) is 5.66. The first-order valence-corrected chi connectivity index (χ1v) is 5.50. The fraction of sp³-hybridized carbons (Fsp3) is 1.00. The molecule has 0 heterocycles. The van der Waals surface area contributed by atoms with Gasteiger partial charge in [0.15, 0.2) is 0 Å². The Balaban J connectivity index is 3.14. The molecule has 1 unspecified atom stereocenters. The van der Waals surface area contributed by atoms with E-state index in [2.05, 4.69) is 6.92 Å². The highest BCUT2D eigenvalue weighted by molar-refractivity contribution is 6.44. The number of rotatable bonds is 7. The largest absolute Gasteiger partial charge is 0.393 e. The zero-order valence-corrected chi connectivity index (χ0v) is 9.11. The second-order valence-corrected chi connectivity index (χ2v) is 4.41. The van der Waals surface area contributed by atoms with Crippen molar-refractivity contribution >= 4 is 23.2 Å². The minimum atomic E-state index is -0.425. The van der Waals surface area contributed by atoms with E-state index < -0.39 is 4.84 Å². The van der Waals surface area contributed by atoms with Crippen molar-refractivity contribution in [3.63, 3.8) is 0 Å². The molecule has 74 valence electrons. The van der Waals surface area contributed by atoms with Crippen LogP contribution in [0.15, 0.2) is 0 Å². The van der Waals surface area contributed by atoms with E-state index in [0.29, 0.717) is 6.42 Å². The fourth-order valence-corrected chi connectivity index (χ4v) is 1.54. The van der Waals surface area contributed by atoms with Gasteiger partial charge in [0.25, 0.3) is 0 Å². The molecule has 0 aliphatic heterocycles. The zero-order valence-electron chi connectivity index (χ0n) is 7.60. The molecule has 0 aliphatic rings. The van der Waals surface area contributed by atoms with E-state index >= 15 is 0 Å². The maximum atomic E-state index is 9.35. The number of aliphatic hydroxyl groups excluding tert-OH is 1. The smallest absolute Gasteiger partial charge is 0.110 e. The molecule has 0 aromatic rings. The first kappa shape index (κ1) is 12.5. The molecule has 0 amide bonds. The summed E-state index contributed by atoms with van der Waals surface area (Å²) in [5.41, 5.74) is 0. The first-order valence-electron chi connectivity index (χ1n) is 4.63. The molecular formula is C9H18Cl2O. The van der Waals surface area contributed by atoms with Crippen LogP contribution in [0.2, 0.25) is 0 Å². The van der Waals surface area contributed by atoms with E-state index in [1.807, 2.05) is 0 Å². The van der Waals surface area contributed by atoms with Gasteiger partial charge in [-0.2, -0.15) is 0 Å². The van der Waals surface area contributed by atoms with Crippen molar-refractivity contribution in [2.75, 3.05) is 0 Å². The van der Waals surface area contributed by atoms with E-state index in [-0.39, 0.29) is 6.10 Å². The summed E-state index contributed by atoms with van der Waals surface area (Å²) in [5, 5.41) is 9.35. The van der Waals surface area contributed by atoms with Gasteiger partial charge in [-0.15, -0.1) is 23.2 Å². The molecule has 0 fully saturated rings. The third-order valence-corrected chi connectivity index (χ3v) is 2.20. The highest BCUT2D eigenvalue weighted by atomic mass is 35.5. The van der Waals surface area contributed by atoms with E-state index in [4.69, 9.17) is 23.2 Å². The molecule has 0 radical (unpaired) electrons. The maximum absolute atomic E-state index is 9.35. The Morgan fingerprint density at radius 3 is 2.33 bits per heavy atom. The summed E-state index contributed by atoms with van der Waals surface area (Å²) >= 11 is 11.0. The standard InChI is InChI=1S/C9H18Cl2O/c1-2-3-4-5-6-8(12)7-9(10)11/h8-9,12H,2-7H2,1H3. The van der Waals surface area contributed by atoms with Gasteiger partial charge in [0, 0.05) is 6.42 Å². The topological polar surface area (TPSA) is 20.2 Å². The molecule has 0 aromatic carbocycles. The van der Waals surface area contributed by atoms with Crippen molar-refractivity contribution < 1.29 is 5.11 Å². The summed E-state index contributed by atoms with van der Waals surface area (Å²) in [4.78, 5) is -0.425. The predicted molar refractivity (Wildman–Crippen MR) is 54.9 cm³/mol. The van der Waals surface area contributed by atoms with E-state index in [0.717, 1.165) is 12.8 Å². The van der Waals surface area contributed by atoms with Crippen LogP contribution in [-0.2, 0) is 0 Å². The summed E-state index contributed by atoms with van der Waals surface area (Å²) in [6.45, 7) is 2.17. The van der Waals surface area contributed by atoms with Crippen LogP contribution in [0, 0.1) is 0 Å². The second kappa shape index (κ2) is 8.15. The monoisotopic (exact) mass is 212 g/mol. The highest BCUT2D eigenvalue weighted by Gasteiger charge is 2.08. The molecule has 1 N–H and O–H groups in total. The molecule has 0 saturated heterocycles. The second-order valence-electron chi connectivity index (χ2n) is 3.13. The molecule has 0 rings (SSSR count). The van der Waals surface area contributed by atoms with Gasteiger partial charge in [0.05, 0.1) is 6.10 Å². The van der Waals surface area contributed by atoms with Crippen molar-refractivity contribution in [3.8, 4) is 0 Å². The molecule has 0 aliphatic carbocycles. The lowest BCUT2D eigenvalue weighted by Crippen LogP contribution is -2.09. The van der Waals surface area contributed by atoms with Crippen molar-refractivity contribution in [2.24, 2.45) is 0 Å². The van der Waals surface area contributed by atoms with Crippen LogP contribution in [0.4, 0.5) is 0 Å². The van der Waals surface area contributed by atoms with Gasteiger partial charge in [-0.25, -0.2) is 0 Å². The Morgan fingerprint density at radius 2 is 1.83 bits per heavy atom. The Labute approximate surface area is 85.1 Å². The van der Waals surface area contributed by atoms with Gasteiger partial charge in [0.2, 0.25) is 0 Å². The zero-order chi connectivity index (χ0) is 9.40. The molecule has 12 heavy (non-hydrogen) atoms. The molecule has 0 aromatic heterocycles. The Kier molecular flexibility index (Phi) is 8.52. The quantitative estimate of drug-likeness (QED) is 0.506. The third-order valence-electron chi connectivity index (χ3n) is 1.84. The Hall–Kier alpha value is 0.540. The summed E-state index contributed by atoms with van der Waals surface area (Å²) in [5.74, 6) is 0. The van der Waals surface area contributed by atoms with E-state index in [9.17, 15) is 5.11 Å². The van der Waals surface area contributed by atoms with Gasteiger partial charge in [-0.1, -0.05) is 32.6 Å². The summed E-state index contributed by atoms with van der Waals surface area (Å²) in [6.07, 6.45) is 5.76. The van der Waals surface area contributed by atoms with Gasteiger partial charge in [-0.05, 0) is 6.42 Å². The lowest BCUT2D eigenvalue weighted by atomic mass is 10.1. The normalized spacial score (nSPS) is 13.8. The number of hydrogen-bond donors (Lipinski definition) is 1. The Bertz CT molecular complexity index is 96.5. The van der Waals surface area contributed by atoms with Crippen LogP contribution in [0.5, 0.6) is 0 Å². The molecule has 0 spiro atoms. The van der Waals surface area contributed by atoms with Gasteiger partial charge >= 0.3 is 0 Å². The Morgan fingerprint density at radius 1 is 1.17 bits per heavy atom. The van der Waals surface area contributed by atoms with Crippen LogP contribution in [0.1, 0.15) is 45.4 Å². The van der Waals surface area contributed by atoms with Crippen LogP contribution in [0.3, 0.4) is 0 Å². The summed E-state index contributed by atoms with van der Waals surface area (Å²) in [6, 6.07) is 0. The van der Waals surface area contributed by atoms with Gasteiger partial charge in [-0.3, -0.25) is 0 Å². The van der Waals surface area contributed by atoms with E-state index in [1.54, 1.807) is 0 Å². The number of aliphatic hydroxyl groups is 1. The lowest BCUT2D eigenvalue weighted by molar-refractivity contribution is 0.155. The summed E-state index contributed by atoms with van der Waals surface area (Å²) < 4.78 is 0. The maximum Gasteiger partial charge on any atom is 0.110 e. The minimum Gasteiger partial charge on any atom is -0.393 e. The van der Waals surface area contributed by atoms with Crippen molar-refractivity contribution in [1.29, 1.82) is 0 Å². The van der Waals surface area contributed by atoms with Gasteiger partial charge < -0.3 is 5.11 Å². The van der Waals surface area contributed by atoms with Gasteiger partial charge in [0.1, 0.15) is 4.84 Å². The molecular weight excluding hydrogens is 195 g/mol. The van der Waals surface area contributed by atoms with Crippen molar-refractivity contribution in [3.05, 3.63) is 0 Å². The molecule has 0 bridgehead atoms. The highest BCUT2D eigenvalue weighted by Crippen LogP contribution is 2.14. The number of halogens is 2. The van der Waals surface area contributed by atoms with Crippen molar-refractivity contribution in [1.82, 2.24) is 0 Å². The predicted octanol–water partition coefficient (Wildman–Crippen LogP) is 3.51. The third kappa shape index (κ3) is 8.63. The lowest BCUT2D eigenvalue weighted by Gasteiger charge is -2.09. The number of alkyl halides is 2. The molecule has 3 heteroatoms. The van der Waals surface area contributed by atoms with E-state index in [1.165, 1.54) is 19.3 Å². The van der Waals surface area contributed by atoms with Crippen LogP contribution in [-0.4, -0.2) is 16.0 Å². The average Bonchev–Trinajstić information content (AvgIpc) is 1.97. The average molecular weight is 213 g/mol. The number of unbranched alkanes of at least 4 members (excludes halogenated alkanes) is 3. The SMILES string of the molecule is CCCCCCC(O)CC(Cl)Cl. The molecule has 1 atom stereocenters. The summed E-state index contributed by atoms with van der Waals surface area (Å²) in [7, 11) is 0. The van der Waals surface area contributed by atoms with Crippen LogP contribution < -0.4 is 0 Å². The minimum absolute atomic E-state index is 0.318. The van der Waals surface area contributed by atoms with Crippen LogP contribution in [0.25, 0.3) is 0 Å². The fourth-order valence-electron chi connectivity index (χ4n) is 1.13. The van der Waals surface area contributed by atoms with Crippen LogP contribution >= 0.6 is 23.2 Å². The molecule has 1 nitrogen and oxygen atoms in total.